The van der Waals surface area contributed by atoms with Crippen molar-refractivity contribution in [3.8, 4) is 0 Å². The number of carbonyl (C=O) groups is 2. The maximum Gasteiger partial charge on any atom is 0.340 e. The van der Waals surface area contributed by atoms with Crippen LogP contribution in [0.4, 0.5) is 5.69 Å². The number of nitrogens with zero attached hydrogens (tertiary/aromatic N) is 2. The highest BCUT2D eigenvalue weighted by molar-refractivity contribution is 6.98. The van der Waals surface area contributed by atoms with Crippen LogP contribution in [-0.2, 0) is 0 Å². The zero-order valence-electron chi connectivity index (χ0n) is 21.2. The number of hydrogen-bond acceptors (Lipinski definition) is 5. The number of fused-ring (bicyclic) bond motifs is 2. The van der Waals surface area contributed by atoms with Crippen molar-refractivity contribution in [1.29, 1.82) is 0 Å². The van der Waals surface area contributed by atoms with Crippen LogP contribution in [0.3, 0.4) is 0 Å². The van der Waals surface area contributed by atoms with Crippen LogP contribution < -0.4 is 15.2 Å². The summed E-state index contributed by atoms with van der Waals surface area (Å²) >= 11 is 0. The summed E-state index contributed by atoms with van der Waals surface area (Å²) in [5.41, 5.74) is 4.05. The Morgan fingerprint density at radius 1 is 1.08 bits per heavy atom. The average Bonchev–Trinajstić information content (AvgIpc) is 3.66. The van der Waals surface area contributed by atoms with Gasteiger partial charge in [-0.25, -0.2) is 9.37 Å². The fourth-order valence-corrected chi connectivity index (χ4v) is 9.39. The summed E-state index contributed by atoms with van der Waals surface area (Å²) < 4.78 is 8.16. The van der Waals surface area contributed by atoms with Gasteiger partial charge in [-0.3, -0.25) is 0 Å². The van der Waals surface area contributed by atoms with Gasteiger partial charge in [-0.05, 0) is 52.6 Å². The maximum absolute atomic E-state index is 12.3. The van der Waals surface area contributed by atoms with Crippen molar-refractivity contribution < 1.29 is 28.8 Å². The molecule has 37 heavy (non-hydrogen) atoms. The van der Waals surface area contributed by atoms with Gasteiger partial charge in [0.2, 0.25) is 0 Å². The summed E-state index contributed by atoms with van der Waals surface area (Å²) in [5, 5.41) is 24.2. The third kappa shape index (κ3) is 3.73. The number of carboxylic acid groups (broad SMARTS) is 2. The molecule has 1 aliphatic carbocycles. The zero-order valence-corrected chi connectivity index (χ0v) is 22.2. The van der Waals surface area contributed by atoms with E-state index in [0.717, 1.165) is 43.6 Å². The van der Waals surface area contributed by atoms with Crippen molar-refractivity contribution in [1.82, 2.24) is 0 Å². The summed E-state index contributed by atoms with van der Waals surface area (Å²) in [4.78, 5) is 26.4. The van der Waals surface area contributed by atoms with Gasteiger partial charge in [-0.2, -0.15) is 0 Å². The quantitative estimate of drug-likeness (QED) is 0.498. The van der Waals surface area contributed by atoms with E-state index in [1.807, 2.05) is 0 Å². The van der Waals surface area contributed by atoms with Crippen LogP contribution in [0.2, 0.25) is 13.1 Å². The summed E-state index contributed by atoms with van der Waals surface area (Å²) in [7, 11) is -2.22. The minimum atomic E-state index is -2.22. The number of anilines is 1. The number of carboxylic acids is 2. The number of aromatic carboxylic acids is 2. The molecule has 0 spiro atoms. The van der Waals surface area contributed by atoms with E-state index in [1.54, 1.807) is 0 Å². The van der Waals surface area contributed by atoms with Gasteiger partial charge < -0.3 is 24.3 Å². The van der Waals surface area contributed by atoms with E-state index < -0.39 is 25.6 Å². The second-order valence-electron chi connectivity index (χ2n) is 10.8. The normalized spacial score (nSPS) is 20.3. The molecule has 0 amide bonds. The SMILES string of the molecule is C[Si]1(C)C2=CC(=[N+]3CCCC3)C=CC2=C(c2occ(C(=O)[O-])c2C(=O)O)c2ccc(N3CCCC3)cc21. The molecule has 0 unspecified atom stereocenters. The summed E-state index contributed by atoms with van der Waals surface area (Å²) in [6.07, 6.45) is 12.2. The lowest BCUT2D eigenvalue weighted by Crippen LogP contribution is -2.50. The van der Waals surface area contributed by atoms with E-state index in [0.29, 0.717) is 5.57 Å². The number of rotatable bonds is 4. The monoisotopic (exact) mass is 514 g/mol. The smallest absolute Gasteiger partial charge is 0.340 e. The van der Waals surface area contributed by atoms with Gasteiger partial charge in [0.05, 0.1) is 11.5 Å². The van der Waals surface area contributed by atoms with E-state index in [-0.39, 0.29) is 11.3 Å². The molecule has 0 atom stereocenters. The molecule has 1 aromatic carbocycles. The average molecular weight is 515 g/mol. The minimum absolute atomic E-state index is 0.0709. The number of furan rings is 1. The van der Waals surface area contributed by atoms with Gasteiger partial charge in [-0.15, -0.1) is 0 Å². The molecule has 2 aromatic rings. The molecule has 0 saturated carbocycles. The van der Waals surface area contributed by atoms with Crippen molar-refractivity contribution in [3.63, 3.8) is 0 Å². The summed E-state index contributed by atoms with van der Waals surface area (Å²) in [6, 6.07) is 6.44. The first-order chi connectivity index (χ1) is 17.8. The fourth-order valence-electron chi connectivity index (χ4n) is 6.32. The van der Waals surface area contributed by atoms with E-state index in [2.05, 4.69) is 59.0 Å². The molecule has 3 aliphatic heterocycles. The van der Waals surface area contributed by atoms with Crippen LogP contribution in [0.15, 0.2) is 57.9 Å². The van der Waals surface area contributed by atoms with Gasteiger partial charge in [0.1, 0.15) is 38.8 Å². The molecule has 8 heteroatoms. The fraction of sp³-hybridized carbons (Fsp3) is 0.345. The Bertz CT molecular complexity index is 1460. The third-order valence-electron chi connectivity index (χ3n) is 8.29. The van der Waals surface area contributed by atoms with Gasteiger partial charge >= 0.3 is 5.97 Å². The Hall–Kier alpha value is -3.65. The first-order valence-corrected chi connectivity index (χ1v) is 16.0. The van der Waals surface area contributed by atoms with Crippen molar-refractivity contribution >= 4 is 42.2 Å². The molecule has 2 saturated heterocycles. The molecular formula is C29H30N2O5Si. The number of carbonyl (C=O) groups excluding carboxylic acids is 1. The lowest BCUT2D eigenvalue weighted by atomic mass is 9.90. The van der Waals surface area contributed by atoms with Crippen LogP contribution in [0.25, 0.3) is 5.57 Å². The Kier molecular flexibility index (Phi) is 5.60. The molecule has 190 valence electrons. The highest BCUT2D eigenvalue weighted by Gasteiger charge is 2.42. The van der Waals surface area contributed by atoms with Gasteiger partial charge in [0.25, 0.3) is 0 Å². The molecule has 1 aromatic heterocycles. The molecule has 7 nitrogen and oxygen atoms in total. The second kappa shape index (κ2) is 8.73. The van der Waals surface area contributed by atoms with E-state index in [4.69, 9.17) is 4.42 Å². The number of allylic oxidation sites excluding steroid dienone is 5. The molecule has 6 rings (SSSR count). The maximum atomic E-state index is 12.3. The lowest BCUT2D eigenvalue weighted by Gasteiger charge is -2.37. The van der Waals surface area contributed by atoms with E-state index >= 15 is 0 Å². The van der Waals surface area contributed by atoms with E-state index in [1.165, 1.54) is 47.5 Å². The molecule has 4 aliphatic rings. The van der Waals surface area contributed by atoms with Crippen LogP contribution >= 0.6 is 0 Å². The largest absolute Gasteiger partial charge is 0.545 e. The Balaban J connectivity index is 1.64. The standard InChI is InChI=1S/C29H30N2O5Si/c1-37(2)23-15-18(30-11-3-4-12-30)7-9-20(23)25(27-26(29(34)35)22(17-36-27)28(32)33)21-10-8-19(16-24(21)37)31-13-5-6-14-31/h7-10,15-17H,3-6,11-14H2,1-2H3,(H-,32,33,34,35). The van der Waals surface area contributed by atoms with E-state index in [9.17, 15) is 19.8 Å². The van der Waals surface area contributed by atoms with Gasteiger partial charge in [0, 0.05) is 49.3 Å². The topological polar surface area (TPSA) is 96.8 Å². The van der Waals surface area contributed by atoms with Crippen LogP contribution in [-0.4, -0.2) is 61.6 Å². The minimum Gasteiger partial charge on any atom is -0.545 e. The van der Waals surface area contributed by atoms with Gasteiger partial charge in [-0.1, -0.05) is 19.2 Å². The predicted octanol–water partition coefficient (Wildman–Crippen LogP) is 2.96. The Morgan fingerprint density at radius 2 is 1.81 bits per heavy atom. The lowest BCUT2D eigenvalue weighted by molar-refractivity contribution is -0.504. The number of benzene rings is 1. The number of hydrogen-bond donors (Lipinski definition) is 1. The molecule has 2 fully saturated rings. The Morgan fingerprint density at radius 3 is 2.49 bits per heavy atom. The second-order valence-corrected chi connectivity index (χ2v) is 15.1. The molecular weight excluding hydrogens is 484 g/mol. The molecule has 0 bridgehead atoms. The van der Waals surface area contributed by atoms with Crippen molar-refractivity contribution in [2.45, 2.75) is 38.8 Å². The van der Waals surface area contributed by atoms with Crippen molar-refractivity contribution in [3.05, 3.63) is 75.9 Å². The third-order valence-corrected chi connectivity index (χ3v) is 11.8. The van der Waals surface area contributed by atoms with Crippen molar-refractivity contribution in [2.75, 3.05) is 31.1 Å². The predicted molar refractivity (Wildman–Crippen MR) is 142 cm³/mol. The first-order valence-electron chi connectivity index (χ1n) is 13.0. The van der Waals surface area contributed by atoms with Crippen molar-refractivity contribution in [2.24, 2.45) is 0 Å². The molecule has 0 radical (unpaired) electrons. The first kappa shape index (κ1) is 23.7. The zero-order chi connectivity index (χ0) is 25.9. The Labute approximate surface area is 216 Å². The summed E-state index contributed by atoms with van der Waals surface area (Å²) in [6.45, 7) is 8.81. The molecule has 1 N–H and O–H groups in total. The highest BCUT2D eigenvalue weighted by atomic mass is 28.3. The summed E-state index contributed by atoms with van der Waals surface area (Å²) in [5.74, 6) is -2.84. The highest BCUT2D eigenvalue weighted by Crippen LogP contribution is 2.43. The van der Waals surface area contributed by atoms with Crippen LogP contribution in [0.1, 0.15) is 57.7 Å². The van der Waals surface area contributed by atoms with Gasteiger partial charge in [0.15, 0.2) is 5.71 Å². The van der Waals surface area contributed by atoms with Crippen LogP contribution in [0.5, 0.6) is 0 Å². The molecule has 4 heterocycles. The van der Waals surface area contributed by atoms with Crippen LogP contribution in [0, 0.1) is 0 Å².